The van der Waals surface area contributed by atoms with Gasteiger partial charge in [0.1, 0.15) is 18.2 Å². The number of halogens is 1. The van der Waals surface area contributed by atoms with Crippen molar-refractivity contribution in [2.24, 2.45) is 0 Å². The fourth-order valence-corrected chi connectivity index (χ4v) is 1.80. The van der Waals surface area contributed by atoms with Crippen molar-refractivity contribution in [1.29, 1.82) is 0 Å². The predicted octanol–water partition coefficient (Wildman–Crippen LogP) is 3.54. The van der Waals surface area contributed by atoms with Gasteiger partial charge in [-0.2, -0.15) is 0 Å². The second-order valence-corrected chi connectivity index (χ2v) is 4.26. The van der Waals surface area contributed by atoms with Crippen LogP contribution in [0.5, 0.6) is 5.75 Å². The average Bonchev–Trinajstić information content (AvgIpc) is 2.38. The highest BCUT2D eigenvalue weighted by Crippen LogP contribution is 2.19. The Morgan fingerprint density at radius 1 is 1.26 bits per heavy atom. The monoisotopic (exact) mass is 260 g/mol. The Labute approximate surface area is 112 Å². The van der Waals surface area contributed by atoms with Gasteiger partial charge in [-0.05, 0) is 49.7 Å². The second kappa shape index (κ2) is 6.18. The van der Waals surface area contributed by atoms with Crippen LogP contribution in [0.1, 0.15) is 18.2 Å². The smallest absolute Gasteiger partial charge is 0.130 e. The third-order valence-corrected chi connectivity index (χ3v) is 2.71. The molecule has 1 heterocycles. The maximum Gasteiger partial charge on any atom is 0.130 e. The van der Waals surface area contributed by atoms with Crippen molar-refractivity contribution in [2.45, 2.75) is 20.5 Å². The van der Waals surface area contributed by atoms with E-state index in [-0.39, 0.29) is 5.82 Å². The molecule has 19 heavy (non-hydrogen) atoms. The summed E-state index contributed by atoms with van der Waals surface area (Å²) in [5, 5.41) is 3.22. The summed E-state index contributed by atoms with van der Waals surface area (Å²) in [5.74, 6) is 0.425. The molecule has 4 heteroatoms. The molecule has 0 aliphatic heterocycles. The Morgan fingerprint density at radius 3 is 2.84 bits per heavy atom. The zero-order valence-electron chi connectivity index (χ0n) is 11.1. The summed E-state index contributed by atoms with van der Waals surface area (Å²) in [4.78, 5) is 4.24. The number of pyridine rings is 1. The highest BCUT2D eigenvalue weighted by Gasteiger charge is 2.03. The van der Waals surface area contributed by atoms with Crippen molar-refractivity contribution in [2.75, 3.05) is 11.9 Å². The first-order chi connectivity index (χ1) is 9.19. The third kappa shape index (κ3) is 3.68. The van der Waals surface area contributed by atoms with Gasteiger partial charge in [-0.15, -0.1) is 0 Å². The van der Waals surface area contributed by atoms with E-state index < -0.39 is 0 Å². The Morgan fingerprint density at radius 2 is 2.11 bits per heavy atom. The number of aromatic nitrogens is 1. The van der Waals surface area contributed by atoms with Gasteiger partial charge in [-0.1, -0.05) is 0 Å². The van der Waals surface area contributed by atoms with Gasteiger partial charge in [0.2, 0.25) is 0 Å². The lowest BCUT2D eigenvalue weighted by Gasteiger charge is -2.10. The van der Waals surface area contributed by atoms with Gasteiger partial charge in [0.05, 0.1) is 5.69 Å². The minimum atomic E-state index is -0.253. The van der Waals surface area contributed by atoms with E-state index in [2.05, 4.69) is 10.3 Å². The minimum absolute atomic E-state index is 0.253. The van der Waals surface area contributed by atoms with E-state index in [1.165, 1.54) is 12.1 Å². The van der Waals surface area contributed by atoms with Crippen LogP contribution in [-0.4, -0.2) is 11.5 Å². The van der Waals surface area contributed by atoms with Crippen molar-refractivity contribution in [3.05, 3.63) is 53.6 Å². The SMILES string of the molecule is CCNc1ccnc(COc2ccc(F)cc2C)c1. The number of hydrogen-bond acceptors (Lipinski definition) is 3. The molecule has 2 aromatic rings. The number of benzene rings is 1. The number of nitrogens with zero attached hydrogens (tertiary/aromatic N) is 1. The van der Waals surface area contributed by atoms with Crippen LogP contribution in [0.15, 0.2) is 36.5 Å². The van der Waals surface area contributed by atoms with Gasteiger partial charge in [0.25, 0.3) is 0 Å². The highest BCUT2D eigenvalue weighted by atomic mass is 19.1. The molecule has 0 radical (unpaired) electrons. The van der Waals surface area contributed by atoms with E-state index in [0.717, 1.165) is 23.5 Å². The second-order valence-electron chi connectivity index (χ2n) is 4.26. The number of hydrogen-bond donors (Lipinski definition) is 1. The summed E-state index contributed by atoms with van der Waals surface area (Å²) < 4.78 is 18.6. The molecule has 0 bridgehead atoms. The quantitative estimate of drug-likeness (QED) is 0.892. The van der Waals surface area contributed by atoms with Crippen LogP contribution in [-0.2, 0) is 6.61 Å². The number of nitrogens with one attached hydrogen (secondary N) is 1. The lowest BCUT2D eigenvalue weighted by Crippen LogP contribution is -2.02. The van der Waals surface area contributed by atoms with E-state index in [1.807, 2.05) is 26.0 Å². The Hall–Kier alpha value is -2.10. The molecule has 2 rings (SSSR count). The van der Waals surface area contributed by atoms with Gasteiger partial charge in [0.15, 0.2) is 0 Å². The summed E-state index contributed by atoms with van der Waals surface area (Å²) in [7, 11) is 0. The van der Waals surface area contributed by atoms with Crippen LogP contribution in [0.2, 0.25) is 0 Å². The first-order valence-electron chi connectivity index (χ1n) is 6.27. The van der Waals surface area contributed by atoms with E-state index in [4.69, 9.17) is 4.74 Å². The number of rotatable bonds is 5. The highest BCUT2D eigenvalue weighted by molar-refractivity contribution is 5.43. The van der Waals surface area contributed by atoms with E-state index in [1.54, 1.807) is 12.3 Å². The van der Waals surface area contributed by atoms with Crippen molar-refractivity contribution >= 4 is 5.69 Å². The van der Waals surface area contributed by atoms with Crippen molar-refractivity contribution in [3.63, 3.8) is 0 Å². The van der Waals surface area contributed by atoms with Crippen LogP contribution >= 0.6 is 0 Å². The summed E-state index contributed by atoms with van der Waals surface area (Å²) in [6.45, 7) is 5.09. The number of anilines is 1. The molecule has 1 N–H and O–H groups in total. The van der Waals surface area contributed by atoms with Crippen molar-refractivity contribution < 1.29 is 9.13 Å². The molecule has 100 valence electrons. The zero-order chi connectivity index (χ0) is 13.7. The van der Waals surface area contributed by atoms with Gasteiger partial charge >= 0.3 is 0 Å². The molecular weight excluding hydrogens is 243 g/mol. The van der Waals surface area contributed by atoms with E-state index >= 15 is 0 Å². The van der Waals surface area contributed by atoms with Gasteiger partial charge in [0, 0.05) is 18.4 Å². The molecule has 0 aliphatic rings. The Bertz CT molecular complexity index is 558. The maximum atomic E-state index is 13.0. The molecular formula is C15H17FN2O. The molecule has 3 nitrogen and oxygen atoms in total. The van der Waals surface area contributed by atoms with Crippen LogP contribution < -0.4 is 10.1 Å². The van der Waals surface area contributed by atoms with Crippen LogP contribution in [0.3, 0.4) is 0 Å². The molecule has 0 unspecified atom stereocenters. The fourth-order valence-electron chi connectivity index (χ4n) is 1.80. The first-order valence-corrected chi connectivity index (χ1v) is 6.27. The molecule has 0 fully saturated rings. The molecule has 1 aromatic heterocycles. The van der Waals surface area contributed by atoms with Crippen molar-refractivity contribution in [3.8, 4) is 5.75 Å². The Balaban J connectivity index is 2.03. The van der Waals surface area contributed by atoms with Gasteiger partial charge < -0.3 is 10.1 Å². The lowest BCUT2D eigenvalue weighted by molar-refractivity contribution is 0.299. The summed E-state index contributed by atoms with van der Waals surface area (Å²) >= 11 is 0. The van der Waals surface area contributed by atoms with Gasteiger partial charge in [-0.3, -0.25) is 4.98 Å². The summed E-state index contributed by atoms with van der Waals surface area (Å²) in [6, 6.07) is 8.35. The lowest BCUT2D eigenvalue weighted by atomic mass is 10.2. The zero-order valence-corrected chi connectivity index (χ0v) is 11.1. The van der Waals surface area contributed by atoms with Crippen LogP contribution in [0, 0.1) is 12.7 Å². The minimum Gasteiger partial charge on any atom is -0.487 e. The predicted molar refractivity (Wildman–Crippen MR) is 73.9 cm³/mol. The van der Waals surface area contributed by atoms with Crippen molar-refractivity contribution in [1.82, 2.24) is 4.98 Å². The summed E-state index contributed by atoms with van der Waals surface area (Å²) in [6.07, 6.45) is 1.74. The van der Waals surface area contributed by atoms with E-state index in [9.17, 15) is 4.39 Å². The molecule has 0 aliphatic carbocycles. The number of aryl methyl sites for hydroxylation is 1. The van der Waals surface area contributed by atoms with Crippen LogP contribution in [0.4, 0.5) is 10.1 Å². The van der Waals surface area contributed by atoms with Gasteiger partial charge in [-0.25, -0.2) is 4.39 Å². The molecule has 0 saturated heterocycles. The molecule has 0 amide bonds. The maximum absolute atomic E-state index is 13.0. The molecule has 0 atom stereocenters. The molecule has 0 saturated carbocycles. The summed E-state index contributed by atoms with van der Waals surface area (Å²) in [5.41, 5.74) is 2.64. The average molecular weight is 260 g/mol. The first kappa shape index (κ1) is 13.3. The normalized spacial score (nSPS) is 10.3. The largest absolute Gasteiger partial charge is 0.487 e. The standard InChI is InChI=1S/C15H17FN2O/c1-3-17-13-6-7-18-14(9-13)10-19-15-5-4-12(16)8-11(15)2/h4-9H,3,10H2,1-2H3,(H,17,18). The topological polar surface area (TPSA) is 34.2 Å². The fraction of sp³-hybridized carbons (Fsp3) is 0.267. The molecule has 1 aromatic carbocycles. The van der Waals surface area contributed by atoms with E-state index in [0.29, 0.717) is 12.4 Å². The Kier molecular flexibility index (Phi) is 4.34. The molecule has 0 spiro atoms. The third-order valence-electron chi connectivity index (χ3n) is 2.71. The number of ether oxygens (including phenoxy) is 1. The van der Waals surface area contributed by atoms with Crippen LogP contribution in [0.25, 0.3) is 0 Å².